The lowest BCUT2D eigenvalue weighted by Crippen LogP contribution is -2.46. The number of anilines is 1. The lowest BCUT2D eigenvalue weighted by molar-refractivity contribution is 0.0538. The van der Waals surface area contributed by atoms with E-state index in [2.05, 4.69) is 21.4 Å². The normalized spacial score (nSPS) is 27.8. The van der Waals surface area contributed by atoms with Gasteiger partial charge in [0, 0.05) is 12.6 Å². The van der Waals surface area contributed by atoms with E-state index in [9.17, 15) is 0 Å². The zero-order chi connectivity index (χ0) is 13.1. The third kappa shape index (κ3) is 2.90. The number of hydrogen-bond donors (Lipinski definition) is 2. The fourth-order valence-electron chi connectivity index (χ4n) is 3.78. The second kappa shape index (κ2) is 5.88. The molecule has 1 aliphatic carbocycles. The Bertz CT molecular complexity index is 418. The predicted molar refractivity (Wildman–Crippen MR) is 77.4 cm³/mol. The van der Waals surface area contributed by atoms with E-state index >= 15 is 0 Å². The van der Waals surface area contributed by atoms with Crippen molar-refractivity contribution in [3.8, 4) is 0 Å². The first-order chi connectivity index (χ1) is 9.36. The van der Waals surface area contributed by atoms with E-state index in [4.69, 9.17) is 5.84 Å². The lowest BCUT2D eigenvalue weighted by Gasteiger charge is -2.44. The van der Waals surface area contributed by atoms with Crippen LogP contribution in [0.1, 0.15) is 44.2 Å². The number of hydrazine groups is 1. The van der Waals surface area contributed by atoms with E-state index in [1.54, 1.807) is 0 Å². The third-order valence-corrected chi connectivity index (χ3v) is 4.68. The lowest BCUT2D eigenvalue weighted by atomic mass is 9.78. The summed E-state index contributed by atoms with van der Waals surface area (Å²) in [5.41, 5.74) is 3.76. The number of rotatable bonds is 3. The van der Waals surface area contributed by atoms with Crippen molar-refractivity contribution in [3.63, 3.8) is 0 Å². The Kier molecular flexibility index (Phi) is 3.99. The molecule has 1 aromatic heterocycles. The Balaban J connectivity index is 1.70. The maximum absolute atomic E-state index is 5.43. The van der Waals surface area contributed by atoms with Gasteiger partial charge in [-0.05, 0) is 50.3 Å². The molecule has 1 saturated carbocycles. The summed E-state index contributed by atoms with van der Waals surface area (Å²) in [5, 5.41) is 0. The summed E-state index contributed by atoms with van der Waals surface area (Å²) in [6, 6.07) is 6.83. The van der Waals surface area contributed by atoms with Gasteiger partial charge in [0.25, 0.3) is 0 Å². The molecule has 19 heavy (non-hydrogen) atoms. The van der Waals surface area contributed by atoms with Crippen molar-refractivity contribution in [2.75, 3.05) is 12.0 Å². The van der Waals surface area contributed by atoms with E-state index < -0.39 is 0 Å². The summed E-state index contributed by atoms with van der Waals surface area (Å²) in [7, 11) is 0. The van der Waals surface area contributed by atoms with E-state index in [1.165, 1.54) is 45.1 Å². The Hall–Kier alpha value is -1.13. The van der Waals surface area contributed by atoms with Crippen molar-refractivity contribution in [2.24, 2.45) is 11.8 Å². The Morgan fingerprint density at radius 3 is 2.95 bits per heavy atom. The summed E-state index contributed by atoms with van der Waals surface area (Å²) in [5.74, 6) is 7.12. The van der Waals surface area contributed by atoms with Crippen LogP contribution in [0.4, 0.5) is 5.82 Å². The SMILES string of the molecule is NNc1cccc(CN2CCCC3CCCCC32)n1. The highest BCUT2D eigenvalue weighted by molar-refractivity contribution is 5.33. The number of hydrogen-bond acceptors (Lipinski definition) is 4. The first-order valence-corrected chi connectivity index (χ1v) is 7.53. The van der Waals surface area contributed by atoms with E-state index in [0.717, 1.165) is 30.0 Å². The van der Waals surface area contributed by atoms with Crippen LogP contribution in [-0.4, -0.2) is 22.5 Å². The smallest absolute Gasteiger partial charge is 0.140 e. The number of pyridine rings is 1. The largest absolute Gasteiger partial charge is 0.308 e. The highest BCUT2D eigenvalue weighted by Gasteiger charge is 2.33. The van der Waals surface area contributed by atoms with Crippen LogP contribution >= 0.6 is 0 Å². The molecule has 2 unspecified atom stereocenters. The van der Waals surface area contributed by atoms with E-state index in [-0.39, 0.29) is 0 Å². The van der Waals surface area contributed by atoms with Crippen LogP contribution in [0.25, 0.3) is 0 Å². The molecule has 2 heterocycles. The summed E-state index contributed by atoms with van der Waals surface area (Å²) < 4.78 is 0. The molecular formula is C15H24N4. The Morgan fingerprint density at radius 2 is 2.05 bits per heavy atom. The van der Waals surface area contributed by atoms with Crippen LogP contribution in [0.5, 0.6) is 0 Å². The predicted octanol–water partition coefficient (Wildman–Crippen LogP) is 2.52. The minimum absolute atomic E-state index is 0.759. The minimum atomic E-state index is 0.759. The fraction of sp³-hybridized carbons (Fsp3) is 0.667. The second-order valence-corrected chi connectivity index (χ2v) is 5.88. The van der Waals surface area contributed by atoms with Gasteiger partial charge < -0.3 is 5.43 Å². The molecular weight excluding hydrogens is 236 g/mol. The highest BCUT2D eigenvalue weighted by atomic mass is 15.3. The summed E-state index contributed by atoms with van der Waals surface area (Å²) in [6.07, 6.45) is 8.41. The summed E-state index contributed by atoms with van der Waals surface area (Å²) in [6.45, 7) is 2.19. The molecule has 0 radical (unpaired) electrons. The second-order valence-electron chi connectivity index (χ2n) is 5.88. The third-order valence-electron chi connectivity index (χ3n) is 4.68. The molecule has 4 heteroatoms. The molecule has 1 aromatic rings. The molecule has 0 amide bonds. The maximum atomic E-state index is 5.43. The van der Waals surface area contributed by atoms with Gasteiger partial charge in [-0.1, -0.05) is 18.9 Å². The zero-order valence-electron chi connectivity index (χ0n) is 11.5. The molecule has 0 spiro atoms. The molecule has 1 saturated heterocycles. The molecule has 3 N–H and O–H groups in total. The molecule has 1 aliphatic heterocycles. The number of nitrogens with one attached hydrogen (secondary N) is 1. The average Bonchev–Trinajstić information content (AvgIpc) is 2.48. The van der Waals surface area contributed by atoms with Gasteiger partial charge in [0.15, 0.2) is 0 Å². The molecule has 3 rings (SSSR count). The van der Waals surface area contributed by atoms with Crippen molar-refractivity contribution in [3.05, 3.63) is 23.9 Å². The monoisotopic (exact) mass is 260 g/mol. The van der Waals surface area contributed by atoms with Gasteiger partial charge in [-0.15, -0.1) is 0 Å². The van der Waals surface area contributed by atoms with Crippen LogP contribution in [0.3, 0.4) is 0 Å². The molecule has 104 valence electrons. The minimum Gasteiger partial charge on any atom is -0.308 e. The molecule has 4 nitrogen and oxygen atoms in total. The first-order valence-electron chi connectivity index (χ1n) is 7.53. The standard InChI is InChI=1S/C15H24N4/c16-18-15-9-3-7-13(17-15)11-19-10-4-6-12-5-1-2-8-14(12)19/h3,7,9,12,14H,1-2,4-6,8,10-11,16H2,(H,17,18). The van der Waals surface area contributed by atoms with Crippen molar-refractivity contribution in [1.82, 2.24) is 9.88 Å². The molecule has 0 bridgehead atoms. The fourth-order valence-corrected chi connectivity index (χ4v) is 3.78. The van der Waals surface area contributed by atoms with E-state index in [0.29, 0.717) is 0 Å². The van der Waals surface area contributed by atoms with Crippen molar-refractivity contribution >= 4 is 5.82 Å². The van der Waals surface area contributed by atoms with Gasteiger partial charge in [0.05, 0.1) is 5.69 Å². The molecule has 0 aromatic carbocycles. The van der Waals surface area contributed by atoms with Gasteiger partial charge >= 0.3 is 0 Å². The average molecular weight is 260 g/mol. The number of piperidine rings is 1. The first kappa shape index (κ1) is 12.9. The maximum Gasteiger partial charge on any atom is 0.140 e. The number of nitrogens with zero attached hydrogens (tertiary/aromatic N) is 2. The molecule has 2 aliphatic rings. The van der Waals surface area contributed by atoms with Gasteiger partial charge in [-0.25, -0.2) is 10.8 Å². The van der Waals surface area contributed by atoms with Crippen LogP contribution < -0.4 is 11.3 Å². The van der Waals surface area contributed by atoms with Gasteiger partial charge in [0.2, 0.25) is 0 Å². The van der Waals surface area contributed by atoms with Gasteiger partial charge in [-0.3, -0.25) is 4.90 Å². The van der Waals surface area contributed by atoms with Crippen LogP contribution in [0.2, 0.25) is 0 Å². The molecule has 2 atom stereocenters. The topological polar surface area (TPSA) is 54.2 Å². The van der Waals surface area contributed by atoms with Crippen LogP contribution in [0, 0.1) is 5.92 Å². The van der Waals surface area contributed by atoms with Crippen molar-refractivity contribution in [1.29, 1.82) is 0 Å². The van der Waals surface area contributed by atoms with Gasteiger partial charge in [-0.2, -0.15) is 0 Å². The number of nitrogen functional groups attached to an aromatic ring is 1. The van der Waals surface area contributed by atoms with Crippen LogP contribution in [-0.2, 0) is 6.54 Å². The highest BCUT2D eigenvalue weighted by Crippen LogP contribution is 2.35. The Morgan fingerprint density at radius 1 is 1.21 bits per heavy atom. The Labute approximate surface area is 115 Å². The number of nitrogens with two attached hydrogens (primary N) is 1. The summed E-state index contributed by atoms with van der Waals surface area (Å²) >= 11 is 0. The van der Waals surface area contributed by atoms with Gasteiger partial charge in [0.1, 0.15) is 5.82 Å². The quantitative estimate of drug-likeness (QED) is 0.648. The van der Waals surface area contributed by atoms with Crippen molar-refractivity contribution in [2.45, 2.75) is 51.1 Å². The van der Waals surface area contributed by atoms with E-state index in [1.807, 2.05) is 12.1 Å². The number of fused-ring (bicyclic) bond motifs is 1. The zero-order valence-corrected chi connectivity index (χ0v) is 11.5. The van der Waals surface area contributed by atoms with Crippen molar-refractivity contribution < 1.29 is 0 Å². The summed E-state index contributed by atoms with van der Waals surface area (Å²) in [4.78, 5) is 7.19. The molecule has 2 fully saturated rings. The number of aromatic nitrogens is 1. The number of likely N-dealkylation sites (tertiary alicyclic amines) is 1. The van der Waals surface area contributed by atoms with Crippen LogP contribution in [0.15, 0.2) is 18.2 Å².